The Bertz CT molecular complexity index is 1140. The van der Waals surface area contributed by atoms with Crippen LogP contribution in [-0.2, 0) is 9.63 Å². The van der Waals surface area contributed by atoms with E-state index in [1.165, 1.54) is 34.7 Å². The van der Waals surface area contributed by atoms with Crippen LogP contribution in [0.2, 0.25) is 0 Å². The Hall–Kier alpha value is -4.25. The number of anilines is 1. The second-order valence-corrected chi connectivity index (χ2v) is 6.97. The molecule has 0 spiro atoms. The summed E-state index contributed by atoms with van der Waals surface area (Å²) in [4.78, 5) is 28.7. The van der Waals surface area contributed by atoms with Crippen LogP contribution in [0.15, 0.2) is 47.2 Å². The van der Waals surface area contributed by atoms with Gasteiger partial charge >= 0.3 is 6.03 Å². The molecule has 3 aromatic rings. The fourth-order valence-electron chi connectivity index (χ4n) is 3.34. The number of urea groups is 1. The Morgan fingerprint density at radius 2 is 1.74 bits per heavy atom. The lowest BCUT2D eigenvalue weighted by Crippen LogP contribution is -2.40. The monoisotopic (exact) mass is 470 g/mol. The molecule has 0 unspecified atom stereocenters. The number of benzene rings is 2. The zero-order chi connectivity index (χ0) is 24.7. The van der Waals surface area contributed by atoms with Crippen molar-refractivity contribution in [2.24, 2.45) is 5.73 Å². The van der Waals surface area contributed by atoms with E-state index >= 15 is 0 Å². The van der Waals surface area contributed by atoms with Crippen molar-refractivity contribution in [2.75, 3.05) is 40.0 Å². The van der Waals surface area contributed by atoms with E-state index in [9.17, 15) is 9.59 Å². The molecule has 0 radical (unpaired) electrons. The Labute approximate surface area is 196 Å². The topological polar surface area (TPSA) is 138 Å². The van der Waals surface area contributed by atoms with Gasteiger partial charge < -0.3 is 29.8 Å². The number of aromatic nitrogens is 1. The third kappa shape index (κ3) is 5.21. The first-order valence-corrected chi connectivity index (χ1v) is 10.2. The molecule has 11 heteroatoms. The maximum absolute atomic E-state index is 12.5. The van der Waals surface area contributed by atoms with Crippen LogP contribution in [0.4, 0.5) is 10.5 Å². The molecule has 0 atom stereocenters. The van der Waals surface area contributed by atoms with Crippen LogP contribution in [0.25, 0.3) is 22.4 Å². The number of hydrogen-bond donors (Lipinski definition) is 2. The van der Waals surface area contributed by atoms with Gasteiger partial charge in [-0.3, -0.25) is 9.63 Å². The highest BCUT2D eigenvalue weighted by Gasteiger charge is 2.21. The zero-order valence-corrected chi connectivity index (χ0v) is 19.3. The minimum absolute atomic E-state index is 0.0160. The highest BCUT2D eigenvalue weighted by atomic mass is 16.7. The van der Waals surface area contributed by atoms with Crippen molar-refractivity contribution < 1.29 is 33.2 Å². The predicted molar refractivity (Wildman–Crippen MR) is 124 cm³/mol. The van der Waals surface area contributed by atoms with E-state index in [-0.39, 0.29) is 13.0 Å². The van der Waals surface area contributed by atoms with Crippen LogP contribution in [0.1, 0.15) is 6.42 Å². The average Bonchev–Trinajstić information content (AvgIpc) is 3.33. The predicted octanol–water partition coefficient (Wildman–Crippen LogP) is 2.99. The lowest BCUT2D eigenvalue weighted by Gasteiger charge is -2.20. The molecule has 1 heterocycles. The molecule has 2 aromatic carbocycles. The molecular weight excluding hydrogens is 444 g/mol. The molecule has 180 valence electrons. The Balaban J connectivity index is 1.96. The number of nitrogens with zero attached hydrogens (tertiary/aromatic N) is 2. The molecule has 0 fully saturated rings. The normalized spacial score (nSPS) is 10.5. The number of hydrogen-bond acceptors (Lipinski definition) is 8. The van der Waals surface area contributed by atoms with Gasteiger partial charge in [-0.15, -0.1) is 0 Å². The van der Waals surface area contributed by atoms with Gasteiger partial charge in [0, 0.05) is 24.1 Å². The third-order valence-corrected chi connectivity index (χ3v) is 4.91. The number of primary amides is 1. The van der Waals surface area contributed by atoms with E-state index in [0.717, 1.165) is 10.6 Å². The number of ether oxygens (including phenoxy) is 3. The van der Waals surface area contributed by atoms with Crippen molar-refractivity contribution in [3.63, 3.8) is 0 Å². The van der Waals surface area contributed by atoms with Gasteiger partial charge in [-0.1, -0.05) is 17.3 Å². The molecule has 0 aliphatic heterocycles. The first kappa shape index (κ1) is 24.4. The smallest absolute Gasteiger partial charge is 0.346 e. The number of carbonyl (C=O) groups is 2. The van der Waals surface area contributed by atoms with Gasteiger partial charge in [-0.25, -0.2) is 4.79 Å². The van der Waals surface area contributed by atoms with Crippen LogP contribution in [-0.4, -0.2) is 52.1 Å². The molecule has 0 saturated carbocycles. The van der Waals surface area contributed by atoms with E-state index in [1.807, 2.05) is 6.07 Å². The van der Waals surface area contributed by atoms with E-state index in [0.29, 0.717) is 39.8 Å². The van der Waals surface area contributed by atoms with Crippen LogP contribution >= 0.6 is 0 Å². The van der Waals surface area contributed by atoms with Crippen LogP contribution in [0.5, 0.6) is 17.2 Å². The zero-order valence-electron chi connectivity index (χ0n) is 19.3. The second kappa shape index (κ2) is 11.1. The minimum Gasteiger partial charge on any atom is -0.493 e. The number of rotatable bonds is 10. The number of methoxy groups -OCH3 is 3. The lowest BCUT2D eigenvalue weighted by molar-refractivity contribution is -0.117. The van der Waals surface area contributed by atoms with Crippen LogP contribution in [0, 0.1) is 0 Å². The van der Waals surface area contributed by atoms with Gasteiger partial charge in [0.25, 0.3) is 0 Å². The van der Waals surface area contributed by atoms with E-state index in [4.69, 9.17) is 29.3 Å². The second-order valence-electron chi connectivity index (χ2n) is 6.97. The average molecular weight is 470 g/mol. The molecular formula is C23H26N4O7. The number of nitrogens with two attached hydrogens (primary N) is 1. The molecule has 0 aliphatic rings. The van der Waals surface area contributed by atoms with Gasteiger partial charge in [-0.2, -0.15) is 5.06 Å². The van der Waals surface area contributed by atoms with Gasteiger partial charge in [0.05, 0.1) is 34.1 Å². The first-order valence-electron chi connectivity index (χ1n) is 10.2. The summed E-state index contributed by atoms with van der Waals surface area (Å²) < 4.78 is 21.5. The Kier molecular flexibility index (Phi) is 7.93. The number of nitrogens with one attached hydrogen (secondary N) is 1. The number of carbonyl (C=O) groups excluding carboxylic acids is 2. The Morgan fingerprint density at radius 1 is 1.03 bits per heavy atom. The minimum atomic E-state index is -0.545. The summed E-state index contributed by atoms with van der Waals surface area (Å²) in [6.45, 7) is 0.0879. The maximum Gasteiger partial charge on any atom is 0.346 e. The SMILES string of the molecule is COc1cc(-c2nocc2-c2cccc(N(OC)C(=O)NCCC(N)=O)c2)cc(OC)c1OC. The molecule has 3 amide bonds. The van der Waals surface area contributed by atoms with Gasteiger partial charge in [0.2, 0.25) is 11.7 Å². The maximum atomic E-state index is 12.5. The molecule has 3 N–H and O–H groups in total. The van der Waals surface area contributed by atoms with Crippen molar-refractivity contribution in [3.05, 3.63) is 42.7 Å². The highest BCUT2D eigenvalue weighted by Crippen LogP contribution is 2.43. The molecule has 34 heavy (non-hydrogen) atoms. The number of amides is 3. The van der Waals surface area contributed by atoms with Gasteiger partial charge in [0.15, 0.2) is 11.5 Å². The van der Waals surface area contributed by atoms with Crippen LogP contribution in [0.3, 0.4) is 0 Å². The van der Waals surface area contributed by atoms with Crippen molar-refractivity contribution in [3.8, 4) is 39.6 Å². The molecule has 0 aliphatic carbocycles. The summed E-state index contributed by atoms with van der Waals surface area (Å²) in [7, 11) is 5.95. The molecule has 0 saturated heterocycles. The summed E-state index contributed by atoms with van der Waals surface area (Å²) in [5, 5.41) is 7.81. The molecule has 11 nitrogen and oxygen atoms in total. The van der Waals surface area contributed by atoms with Crippen molar-refractivity contribution in [1.82, 2.24) is 10.5 Å². The molecule has 1 aromatic heterocycles. The van der Waals surface area contributed by atoms with Crippen molar-refractivity contribution in [2.45, 2.75) is 6.42 Å². The summed E-state index contributed by atoms with van der Waals surface area (Å²) in [6, 6.07) is 10.0. The summed E-state index contributed by atoms with van der Waals surface area (Å²) in [5.74, 6) is 0.882. The summed E-state index contributed by atoms with van der Waals surface area (Å²) >= 11 is 0. The largest absolute Gasteiger partial charge is 0.493 e. The number of hydroxylamine groups is 1. The fourth-order valence-corrected chi connectivity index (χ4v) is 3.34. The van der Waals surface area contributed by atoms with Crippen LogP contribution < -0.4 is 30.3 Å². The molecule has 3 rings (SSSR count). The standard InChI is InChI=1S/C23H26N4O7/c1-30-18-11-15(12-19(31-2)22(18)32-3)21-17(13-34-26-21)14-6-5-7-16(10-14)27(33-4)23(29)25-9-8-20(24)28/h5-7,10-13H,8-9H2,1-4H3,(H2,24,28)(H,25,29). The van der Waals surface area contributed by atoms with Gasteiger partial charge in [-0.05, 0) is 29.8 Å². The van der Waals surface area contributed by atoms with Gasteiger partial charge in [0.1, 0.15) is 12.0 Å². The third-order valence-electron chi connectivity index (χ3n) is 4.91. The van der Waals surface area contributed by atoms with Crippen molar-refractivity contribution in [1.29, 1.82) is 0 Å². The fraction of sp³-hybridized carbons (Fsp3) is 0.261. The van der Waals surface area contributed by atoms with E-state index < -0.39 is 11.9 Å². The Morgan fingerprint density at radius 3 is 2.32 bits per heavy atom. The summed E-state index contributed by atoms with van der Waals surface area (Å²) in [6.07, 6.45) is 1.52. The quantitative estimate of drug-likeness (QED) is 0.431. The first-order chi connectivity index (χ1) is 16.4. The van der Waals surface area contributed by atoms with Crippen molar-refractivity contribution >= 4 is 17.6 Å². The summed E-state index contributed by atoms with van der Waals surface area (Å²) in [5.41, 5.74) is 8.16. The molecule has 0 bridgehead atoms. The lowest BCUT2D eigenvalue weighted by atomic mass is 10.0. The highest BCUT2D eigenvalue weighted by molar-refractivity contribution is 5.92. The van der Waals surface area contributed by atoms with E-state index in [2.05, 4.69) is 10.5 Å². The van der Waals surface area contributed by atoms with E-state index in [1.54, 1.807) is 30.3 Å².